The minimum Gasteiger partial charge on any atom is -0.493 e. The molecule has 7 nitrogen and oxygen atoms in total. The minimum absolute atomic E-state index is 0.0139. The van der Waals surface area contributed by atoms with Gasteiger partial charge in [-0.2, -0.15) is 5.26 Å². The number of aryl methyl sites for hydroxylation is 1. The lowest BCUT2D eigenvalue weighted by molar-refractivity contribution is 0.0933. The zero-order valence-corrected chi connectivity index (χ0v) is 22.3. The molecular weight excluding hydrogens is 444 g/mol. The van der Waals surface area contributed by atoms with Crippen molar-refractivity contribution in [3.63, 3.8) is 0 Å². The van der Waals surface area contributed by atoms with Crippen LogP contribution >= 0.6 is 0 Å². The second kappa shape index (κ2) is 12.7. The fourth-order valence-electron chi connectivity index (χ4n) is 4.53. The van der Waals surface area contributed by atoms with Crippen LogP contribution in [0.3, 0.4) is 0 Å². The van der Waals surface area contributed by atoms with Gasteiger partial charge in [0.15, 0.2) is 23.0 Å². The quantitative estimate of drug-likeness (QED) is 0.452. The average molecular weight is 485 g/mol. The van der Waals surface area contributed by atoms with Crippen LogP contribution in [0.1, 0.15) is 37.0 Å². The molecule has 0 aliphatic carbocycles. The predicted octanol–water partition coefficient (Wildman–Crippen LogP) is 4.37. The lowest BCUT2D eigenvalue weighted by Crippen LogP contribution is -2.39. The maximum atomic E-state index is 11.0. The van der Waals surface area contributed by atoms with Crippen molar-refractivity contribution < 1.29 is 24.1 Å². The molecule has 0 heterocycles. The first-order valence-electron chi connectivity index (χ1n) is 11.9. The highest BCUT2D eigenvalue weighted by molar-refractivity contribution is 5.48. The largest absolute Gasteiger partial charge is 0.493 e. The Kier molecular flexibility index (Phi) is 10.2. The van der Waals surface area contributed by atoms with Crippen LogP contribution in [0.15, 0.2) is 30.3 Å². The normalized spacial score (nSPS) is 13.8. The van der Waals surface area contributed by atoms with Gasteiger partial charge in [0.25, 0.3) is 0 Å². The van der Waals surface area contributed by atoms with Gasteiger partial charge in [0.05, 0.1) is 46.0 Å². The topological polar surface area (TPSA) is 84.2 Å². The Balaban J connectivity index is 2.13. The monoisotopic (exact) mass is 484 g/mol. The summed E-state index contributed by atoms with van der Waals surface area (Å²) in [7, 11) is 8.41. The van der Waals surface area contributed by atoms with Crippen molar-refractivity contribution in [2.75, 3.05) is 48.6 Å². The molecule has 0 radical (unpaired) electrons. The lowest BCUT2D eigenvalue weighted by atomic mass is 9.69. The zero-order valence-electron chi connectivity index (χ0n) is 22.3. The van der Waals surface area contributed by atoms with Crippen molar-refractivity contribution in [2.45, 2.75) is 45.1 Å². The van der Waals surface area contributed by atoms with Gasteiger partial charge in [-0.3, -0.25) is 0 Å². The Hall–Kier alpha value is -2.95. The van der Waals surface area contributed by atoms with Crippen molar-refractivity contribution in [3.05, 3.63) is 47.0 Å². The summed E-state index contributed by atoms with van der Waals surface area (Å²) < 4.78 is 21.6. The van der Waals surface area contributed by atoms with Crippen molar-refractivity contribution in [3.8, 4) is 29.1 Å². The van der Waals surface area contributed by atoms with Crippen molar-refractivity contribution in [1.82, 2.24) is 4.90 Å². The van der Waals surface area contributed by atoms with E-state index in [4.69, 9.17) is 18.9 Å². The van der Waals surface area contributed by atoms with Crippen LogP contribution in [0, 0.1) is 24.2 Å². The molecule has 192 valence electrons. The van der Waals surface area contributed by atoms with Crippen LogP contribution in [-0.2, 0) is 11.8 Å². The van der Waals surface area contributed by atoms with Gasteiger partial charge in [0.1, 0.15) is 0 Å². The number of methoxy groups -OCH3 is 4. The van der Waals surface area contributed by atoms with Gasteiger partial charge >= 0.3 is 0 Å². The first-order chi connectivity index (χ1) is 16.6. The van der Waals surface area contributed by atoms with Gasteiger partial charge in [-0.15, -0.1) is 0 Å². The van der Waals surface area contributed by atoms with Gasteiger partial charge in [0, 0.05) is 13.1 Å². The molecule has 0 saturated carbocycles. The molecule has 2 rings (SSSR count). The molecule has 7 heteroatoms. The molecule has 0 aliphatic rings. The summed E-state index contributed by atoms with van der Waals surface area (Å²) in [6.45, 7) is 7.28. The number of benzene rings is 2. The van der Waals surface area contributed by atoms with Crippen LogP contribution in [0.2, 0.25) is 0 Å². The van der Waals surface area contributed by atoms with Gasteiger partial charge in [0.2, 0.25) is 0 Å². The number of aliphatic hydroxyl groups is 1. The number of nitrogens with zero attached hydrogens (tertiary/aromatic N) is 2. The Morgan fingerprint density at radius 1 is 0.943 bits per heavy atom. The van der Waals surface area contributed by atoms with E-state index in [2.05, 4.69) is 17.9 Å². The van der Waals surface area contributed by atoms with Crippen LogP contribution in [0.4, 0.5) is 0 Å². The number of likely N-dealkylation sites (N-methyl/N-ethyl adjacent to an activating group) is 1. The molecule has 1 N–H and O–H groups in total. The highest BCUT2D eigenvalue weighted by atomic mass is 16.5. The summed E-state index contributed by atoms with van der Waals surface area (Å²) in [4.78, 5) is 2.10. The minimum atomic E-state index is -0.861. The van der Waals surface area contributed by atoms with E-state index in [9.17, 15) is 10.4 Å². The van der Waals surface area contributed by atoms with E-state index in [-0.39, 0.29) is 5.92 Å². The molecule has 2 atom stereocenters. The molecule has 0 bridgehead atoms. The Morgan fingerprint density at radius 3 is 2.06 bits per heavy atom. The summed E-state index contributed by atoms with van der Waals surface area (Å²) in [5.74, 6) is 2.59. The number of nitriles is 1. The molecule has 0 spiro atoms. The highest BCUT2D eigenvalue weighted by Gasteiger charge is 2.39. The molecule has 2 aromatic carbocycles. The van der Waals surface area contributed by atoms with Gasteiger partial charge in [-0.25, -0.2) is 0 Å². The molecule has 0 amide bonds. The molecule has 0 aromatic heterocycles. The van der Waals surface area contributed by atoms with E-state index >= 15 is 0 Å². The van der Waals surface area contributed by atoms with E-state index in [1.807, 2.05) is 51.2 Å². The van der Waals surface area contributed by atoms with Crippen LogP contribution < -0.4 is 18.9 Å². The van der Waals surface area contributed by atoms with E-state index in [0.717, 1.165) is 24.1 Å². The Bertz CT molecular complexity index is 1020. The highest BCUT2D eigenvalue weighted by Crippen LogP contribution is 2.40. The van der Waals surface area contributed by atoms with Gasteiger partial charge in [-0.05, 0) is 73.7 Å². The molecule has 0 saturated heterocycles. The number of ether oxygens (including phenoxy) is 4. The SMILES string of the molecule is COc1ccc(C(C#N)(CC(O)CN(C)CCc2cc(OC)c(OC)cc2C)C(C)C)cc1OC. The Morgan fingerprint density at radius 2 is 1.51 bits per heavy atom. The fourth-order valence-corrected chi connectivity index (χ4v) is 4.53. The van der Waals surface area contributed by atoms with Crippen LogP contribution in [-0.4, -0.2) is 64.7 Å². The fraction of sp³-hybridized carbons (Fsp3) is 0.536. The first kappa shape index (κ1) is 28.3. The first-order valence-corrected chi connectivity index (χ1v) is 11.9. The summed E-state index contributed by atoms with van der Waals surface area (Å²) in [6.07, 6.45) is 0.441. The molecule has 35 heavy (non-hydrogen) atoms. The van der Waals surface area contributed by atoms with Crippen LogP contribution in [0.25, 0.3) is 0 Å². The summed E-state index contributed by atoms with van der Waals surface area (Å²) in [6, 6.07) is 12.1. The number of hydrogen-bond donors (Lipinski definition) is 1. The van der Waals surface area contributed by atoms with Gasteiger partial charge < -0.3 is 29.0 Å². The molecule has 2 aromatic rings. The third kappa shape index (κ3) is 6.59. The Labute approximate surface area is 210 Å². The van der Waals surface area contributed by atoms with Crippen molar-refractivity contribution >= 4 is 0 Å². The summed E-state index contributed by atoms with van der Waals surface area (Å²) in [5.41, 5.74) is 2.26. The molecule has 0 fully saturated rings. The standard InChI is InChI=1S/C28H40N2O5/c1-19(2)28(18-29,22-9-10-24(32-5)27(15-22)35-8)16-23(31)17-30(4)12-11-21-14-26(34-7)25(33-6)13-20(21)3/h9-10,13-15,19,23,31H,11-12,16-17H2,1-8H3. The van der Waals surface area contributed by atoms with E-state index in [1.165, 1.54) is 5.56 Å². The zero-order chi connectivity index (χ0) is 26.2. The molecule has 0 aliphatic heterocycles. The van der Waals surface area contributed by atoms with E-state index in [1.54, 1.807) is 28.4 Å². The third-order valence-corrected chi connectivity index (χ3v) is 6.77. The summed E-state index contributed by atoms with van der Waals surface area (Å²) in [5, 5.41) is 21.3. The van der Waals surface area contributed by atoms with E-state index < -0.39 is 11.5 Å². The lowest BCUT2D eigenvalue weighted by Gasteiger charge is -2.34. The van der Waals surface area contributed by atoms with Gasteiger partial charge in [-0.1, -0.05) is 19.9 Å². The predicted molar refractivity (Wildman–Crippen MR) is 138 cm³/mol. The van der Waals surface area contributed by atoms with E-state index in [0.29, 0.717) is 36.0 Å². The van der Waals surface area contributed by atoms with Crippen molar-refractivity contribution in [2.24, 2.45) is 5.92 Å². The average Bonchev–Trinajstić information content (AvgIpc) is 2.85. The summed E-state index contributed by atoms with van der Waals surface area (Å²) >= 11 is 0. The van der Waals surface area contributed by atoms with Crippen molar-refractivity contribution in [1.29, 1.82) is 5.26 Å². The second-order valence-corrected chi connectivity index (χ2v) is 9.31. The second-order valence-electron chi connectivity index (χ2n) is 9.31. The van der Waals surface area contributed by atoms with Crippen LogP contribution in [0.5, 0.6) is 23.0 Å². The number of aliphatic hydroxyl groups excluding tert-OH is 1. The maximum Gasteiger partial charge on any atom is 0.161 e. The number of hydrogen-bond acceptors (Lipinski definition) is 7. The number of rotatable bonds is 13. The maximum absolute atomic E-state index is 11.0. The molecule has 2 unspecified atom stereocenters. The smallest absolute Gasteiger partial charge is 0.161 e. The molecular formula is C28H40N2O5. The third-order valence-electron chi connectivity index (χ3n) is 6.77.